The van der Waals surface area contributed by atoms with Crippen LogP contribution >= 0.6 is 0 Å². The number of nitrogens with zero attached hydrogens (tertiary/aromatic N) is 3. The number of fused-ring (bicyclic) bond motifs is 2. The second-order valence-electron chi connectivity index (χ2n) is 6.87. The number of rotatable bonds is 3. The van der Waals surface area contributed by atoms with E-state index in [0.29, 0.717) is 18.4 Å². The van der Waals surface area contributed by atoms with Gasteiger partial charge >= 0.3 is 0 Å². The molecule has 0 bridgehead atoms. The number of nitrogens with one attached hydrogen (secondary N) is 1. The summed E-state index contributed by atoms with van der Waals surface area (Å²) in [6, 6.07) is 15.1. The highest BCUT2D eigenvalue weighted by molar-refractivity contribution is 6.07. The molecule has 0 aromatic heterocycles. The van der Waals surface area contributed by atoms with Gasteiger partial charge in [-0.15, -0.1) is 0 Å². The van der Waals surface area contributed by atoms with Crippen molar-refractivity contribution in [2.24, 2.45) is 11.0 Å². The molecule has 130 valence electrons. The Bertz CT molecular complexity index is 919. The highest BCUT2D eigenvalue weighted by Crippen LogP contribution is 2.43. The molecule has 1 saturated carbocycles. The van der Waals surface area contributed by atoms with Crippen LogP contribution in [0, 0.1) is 5.92 Å². The molecule has 1 aliphatic heterocycles. The van der Waals surface area contributed by atoms with E-state index in [9.17, 15) is 9.59 Å². The van der Waals surface area contributed by atoms with E-state index in [1.807, 2.05) is 42.5 Å². The van der Waals surface area contributed by atoms with Crippen molar-refractivity contribution in [3.63, 3.8) is 0 Å². The average molecular weight is 346 g/mol. The Morgan fingerprint density at radius 3 is 2.69 bits per heavy atom. The molecular formula is C20H18N4O2. The molecule has 1 N–H and O–H groups in total. The average Bonchev–Trinajstić information content (AvgIpc) is 2.66. The summed E-state index contributed by atoms with van der Waals surface area (Å²) in [7, 11) is 0. The van der Waals surface area contributed by atoms with Crippen LogP contribution in [0.1, 0.15) is 40.2 Å². The molecule has 1 aliphatic carbocycles. The molecule has 3 atom stereocenters. The van der Waals surface area contributed by atoms with E-state index >= 15 is 0 Å². The third-order valence-electron chi connectivity index (χ3n) is 5.30. The van der Waals surface area contributed by atoms with Crippen molar-refractivity contribution >= 4 is 17.3 Å². The lowest BCUT2D eigenvalue weighted by molar-refractivity contribution is -0.121. The SMILES string of the molecule is [N-]=[N+]=NCc1ccc2c(c1)C(=O)[C@H]1[C@@H](c3ccccc3)CC(=O)C[C@H]1N2. The van der Waals surface area contributed by atoms with Gasteiger partial charge in [0.15, 0.2) is 5.78 Å². The van der Waals surface area contributed by atoms with Gasteiger partial charge in [0, 0.05) is 41.0 Å². The van der Waals surface area contributed by atoms with Gasteiger partial charge in [0.2, 0.25) is 0 Å². The number of hydrogen-bond donors (Lipinski definition) is 1. The number of ketones is 2. The fraction of sp³-hybridized carbons (Fsp3) is 0.300. The van der Waals surface area contributed by atoms with Crippen molar-refractivity contribution in [1.29, 1.82) is 0 Å². The Hall–Kier alpha value is -3.11. The topological polar surface area (TPSA) is 94.9 Å². The van der Waals surface area contributed by atoms with Gasteiger partial charge in [-0.2, -0.15) is 0 Å². The molecule has 0 radical (unpaired) electrons. The third kappa shape index (κ3) is 2.85. The predicted molar refractivity (Wildman–Crippen MR) is 97.9 cm³/mol. The summed E-state index contributed by atoms with van der Waals surface area (Å²) in [5.41, 5.74) is 11.7. The number of carbonyl (C=O) groups excluding carboxylic acids is 2. The molecular weight excluding hydrogens is 328 g/mol. The maximum atomic E-state index is 13.3. The van der Waals surface area contributed by atoms with Gasteiger partial charge < -0.3 is 5.32 Å². The normalized spacial score (nSPS) is 24.1. The minimum atomic E-state index is -0.266. The van der Waals surface area contributed by atoms with E-state index in [0.717, 1.165) is 16.8 Å². The van der Waals surface area contributed by atoms with Gasteiger partial charge in [-0.3, -0.25) is 9.59 Å². The summed E-state index contributed by atoms with van der Waals surface area (Å²) in [6.45, 7) is 0.214. The predicted octanol–water partition coefficient (Wildman–Crippen LogP) is 4.24. The van der Waals surface area contributed by atoms with Crippen LogP contribution in [-0.2, 0) is 11.3 Å². The number of anilines is 1. The molecule has 2 aromatic rings. The number of benzene rings is 2. The minimum absolute atomic E-state index is 0.0629. The first-order valence-electron chi connectivity index (χ1n) is 8.68. The molecule has 26 heavy (non-hydrogen) atoms. The number of azide groups is 1. The van der Waals surface area contributed by atoms with Crippen molar-refractivity contribution in [3.8, 4) is 0 Å². The largest absolute Gasteiger partial charge is 0.381 e. The van der Waals surface area contributed by atoms with Crippen LogP contribution in [0.25, 0.3) is 10.4 Å². The molecule has 0 spiro atoms. The first kappa shape index (κ1) is 16.4. The van der Waals surface area contributed by atoms with E-state index < -0.39 is 0 Å². The maximum Gasteiger partial charge on any atom is 0.170 e. The van der Waals surface area contributed by atoms with Gasteiger partial charge in [0.1, 0.15) is 5.78 Å². The maximum absolute atomic E-state index is 13.3. The Labute approximate surface area is 150 Å². The first-order valence-corrected chi connectivity index (χ1v) is 8.68. The van der Waals surface area contributed by atoms with Crippen molar-refractivity contribution in [1.82, 2.24) is 0 Å². The zero-order chi connectivity index (χ0) is 18.1. The number of carbonyl (C=O) groups is 2. The third-order valence-corrected chi connectivity index (χ3v) is 5.30. The lowest BCUT2D eigenvalue weighted by atomic mass is 9.67. The molecule has 6 heteroatoms. The van der Waals surface area contributed by atoms with Crippen molar-refractivity contribution in [2.45, 2.75) is 31.3 Å². The molecule has 0 unspecified atom stereocenters. The highest BCUT2D eigenvalue weighted by atomic mass is 16.1. The highest BCUT2D eigenvalue weighted by Gasteiger charge is 2.45. The first-order chi connectivity index (χ1) is 12.7. The van der Waals surface area contributed by atoms with E-state index in [4.69, 9.17) is 5.53 Å². The van der Waals surface area contributed by atoms with Gasteiger partial charge in [0.05, 0.1) is 12.5 Å². The van der Waals surface area contributed by atoms with Gasteiger partial charge in [-0.25, -0.2) is 0 Å². The van der Waals surface area contributed by atoms with Crippen LogP contribution in [0.15, 0.2) is 53.6 Å². The lowest BCUT2D eigenvalue weighted by Crippen LogP contribution is -2.47. The minimum Gasteiger partial charge on any atom is -0.381 e. The Kier molecular flexibility index (Phi) is 4.19. The van der Waals surface area contributed by atoms with Gasteiger partial charge in [-0.05, 0) is 28.8 Å². The molecule has 2 aromatic carbocycles. The Balaban J connectivity index is 1.74. The summed E-state index contributed by atoms with van der Waals surface area (Å²) >= 11 is 0. The second-order valence-corrected chi connectivity index (χ2v) is 6.87. The Morgan fingerprint density at radius 1 is 1.12 bits per heavy atom. The zero-order valence-corrected chi connectivity index (χ0v) is 14.1. The van der Waals surface area contributed by atoms with Crippen molar-refractivity contribution < 1.29 is 9.59 Å². The molecule has 1 heterocycles. The number of Topliss-reactive ketones (excluding diaryl/α,β-unsaturated/α-hetero) is 2. The summed E-state index contributed by atoms with van der Waals surface area (Å²) in [6.07, 6.45) is 0.770. The molecule has 0 amide bonds. The van der Waals surface area contributed by atoms with E-state index in [-0.39, 0.29) is 36.0 Å². The van der Waals surface area contributed by atoms with Crippen molar-refractivity contribution in [3.05, 3.63) is 75.7 Å². The van der Waals surface area contributed by atoms with Crippen LogP contribution < -0.4 is 5.32 Å². The summed E-state index contributed by atoms with van der Waals surface area (Å²) in [5.74, 6) is -0.134. The Morgan fingerprint density at radius 2 is 1.92 bits per heavy atom. The molecule has 6 nitrogen and oxygen atoms in total. The van der Waals surface area contributed by atoms with E-state index in [1.165, 1.54) is 0 Å². The van der Waals surface area contributed by atoms with E-state index in [2.05, 4.69) is 15.3 Å². The molecule has 4 rings (SSSR count). The van der Waals surface area contributed by atoms with E-state index in [1.54, 1.807) is 6.07 Å². The van der Waals surface area contributed by atoms with Crippen LogP contribution in [0.3, 0.4) is 0 Å². The van der Waals surface area contributed by atoms with Crippen LogP contribution in [0.2, 0.25) is 0 Å². The van der Waals surface area contributed by atoms with Crippen LogP contribution in [0.5, 0.6) is 0 Å². The zero-order valence-electron chi connectivity index (χ0n) is 14.1. The lowest BCUT2D eigenvalue weighted by Gasteiger charge is -2.41. The van der Waals surface area contributed by atoms with Gasteiger partial charge in [0.25, 0.3) is 0 Å². The fourth-order valence-electron chi connectivity index (χ4n) is 4.15. The summed E-state index contributed by atoms with van der Waals surface area (Å²) in [5, 5.41) is 6.97. The smallest absolute Gasteiger partial charge is 0.170 e. The summed E-state index contributed by atoms with van der Waals surface area (Å²) in [4.78, 5) is 28.4. The molecule has 2 aliphatic rings. The molecule has 0 saturated heterocycles. The summed E-state index contributed by atoms with van der Waals surface area (Å²) < 4.78 is 0. The van der Waals surface area contributed by atoms with Crippen LogP contribution in [-0.4, -0.2) is 17.6 Å². The number of hydrogen-bond acceptors (Lipinski definition) is 4. The van der Waals surface area contributed by atoms with Crippen LogP contribution in [0.4, 0.5) is 5.69 Å². The fourth-order valence-corrected chi connectivity index (χ4v) is 4.15. The molecule has 1 fully saturated rings. The van der Waals surface area contributed by atoms with Crippen molar-refractivity contribution in [2.75, 3.05) is 5.32 Å². The standard InChI is InChI=1S/C20H18N4O2/c21-24-22-11-12-6-7-17-16(8-12)20(26)19-15(13-4-2-1-3-5-13)9-14(25)10-18(19)23-17/h1-8,15,18-19,23H,9-11H2/t15-,18-,19+/m1/s1. The second kappa shape index (κ2) is 6.65. The quantitative estimate of drug-likeness (QED) is 0.511. The van der Waals surface area contributed by atoms with Gasteiger partial charge in [-0.1, -0.05) is 41.5 Å². The monoisotopic (exact) mass is 346 g/mol.